The van der Waals surface area contributed by atoms with Crippen molar-refractivity contribution in [1.82, 2.24) is 4.98 Å². The quantitative estimate of drug-likeness (QED) is 0.733. The van der Waals surface area contributed by atoms with Crippen molar-refractivity contribution in [2.24, 2.45) is 0 Å². The minimum Gasteiger partial charge on any atom is -0.382 e. The molecule has 0 atom stereocenters. The fourth-order valence-electron chi connectivity index (χ4n) is 1.04. The van der Waals surface area contributed by atoms with Crippen LogP contribution in [-0.4, -0.2) is 25.3 Å². The van der Waals surface area contributed by atoms with Crippen LogP contribution in [0.15, 0.2) is 18.2 Å². The summed E-state index contributed by atoms with van der Waals surface area (Å²) in [7, 11) is 1.52. The van der Waals surface area contributed by atoms with Crippen LogP contribution in [0.3, 0.4) is 0 Å². The first-order chi connectivity index (χ1) is 7.54. The Labute approximate surface area is 91.2 Å². The third-order valence-corrected chi connectivity index (χ3v) is 1.78. The van der Waals surface area contributed by atoms with Gasteiger partial charge in [-0.3, -0.25) is 0 Å². The van der Waals surface area contributed by atoms with Crippen LogP contribution in [0, 0.1) is 0 Å². The summed E-state index contributed by atoms with van der Waals surface area (Å²) in [6.07, 6.45) is -4.41. The molecule has 1 heterocycles. The highest BCUT2D eigenvalue weighted by Crippen LogP contribution is 2.27. The summed E-state index contributed by atoms with van der Waals surface area (Å²) >= 11 is 0. The van der Waals surface area contributed by atoms with E-state index in [1.54, 1.807) is 0 Å². The smallest absolute Gasteiger partial charge is 0.382 e. The summed E-state index contributed by atoms with van der Waals surface area (Å²) in [6, 6.07) is 3.73. The van der Waals surface area contributed by atoms with Gasteiger partial charge in [0.25, 0.3) is 0 Å². The summed E-state index contributed by atoms with van der Waals surface area (Å²) in [5, 5.41) is 0. The molecule has 0 saturated heterocycles. The molecule has 0 N–H and O–H groups in total. The number of halogens is 3. The number of nitrogens with zero attached hydrogens (tertiary/aromatic N) is 1. The lowest BCUT2D eigenvalue weighted by molar-refractivity contribution is -0.141. The molecule has 3 nitrogen and oxygen atoms in total. The summed E-state index contributed by atoms with van der Waals surface area (Å²) < 4.78 is 46.7. The zero-order valence-corrected chi connectivity index (χ0v) is 8.75. The Morgan fingerprint density at radius 2 is 2.00 bits per heavy atom. The van der Waals surface area contributed by atoms with Gasteiger partial charge in [0.15, 0.2) is 0 Å². The van der Waals surface area contributed by atoms with Crippen LogP contribution < -0.4 is 0 Å². The average molecular weight is 235 g/mol. The number of hydrogen-bond acceptors (Lipinski definition) is 3. The van der Waals surface area contributed by atoms with Gasteiger partial charge < -0.3 is 9.47 Å². The Bertz CT molecular complexity index is 328. The maximum atomic E-state index is 12.3. The zero-order chi connectivity index (χ0) is 12.0. The molecule has 0 aliphatic rings. The Hall–Kier alpha value is -1.14. The standard InChI is InChI=1S/C10H12F3NO2/c1-15-5-6-16-7-8-3-2-4-9(14-8)10(11,12)13/h2-4H,5-7H2,1H3. The van der Waals surface area contributed by atoms with E-state index in [0.717, 1.165) is 6.07 Å². The van der Waals surface area contributed by atoms with Gasteiger partial charge in [0, 0.05) is 7.11 Å². The highest BCUT2D eigenvalue weighted by molar-refractivity contribution is 5.13. The molecule has 0 fully saturated rings. The van der Waals surface area contributed by atoms with Gasteiger partial charge in [-0.25, -0.2) is 4.98 Å². The van der Waals surface area contributed by atoms with Crippen molar-refractivity contribution in [3.05, 3.63) is 29.6 Å². The lowest BCUT2D eigenvalue weighted by atomic mass is 10.3. The van der Waals surface area contributed by atoms with Gasteiger partial charge in [-0.05, 0) is 12.1 Å². The summed E-state index contributed by atoms with van der Waals surface area (Å²) in [5.74, 6) is 0. The Morgan fingerprint density at radius 3 is 2.62 bits per heavy atom. The second-order valence-corrected chi connectivity index (χ2v) is 3.06. The number of methoxy groups -OCH3 is 1. The molecule has 0 radical (unpaired) electrons. The molecular weight excluding hydrogens is 223 g/mol. The van der Waals surface area contributed by atoms with Crippen molar-refractivity contribution in [1.29, 1.82) is 0 Å². The molecule has 0 saturated carbocycles. The number of aromatic nitrogens is 1. The molecule has 1 rings (SSSR count). The molecule has 0 aromatic carbocycles. The Morgan fingerprint density at radius 1 is 1.25 bits per heavy atom. The lowest BCUT2D eigenvalue weighted by Gasteiger charge is -2.07. The normalized spacial score (nSPS) is 11.8. The van der Waals surface area contributed by atoms with Crippen molar-refractivity contribution in [2.45, 2.75) is 12.8 Å². The summed E-state index contributed by atoms with van der Waals surface area (Å²) in [6.45, 7) is 0.778. The molecule has 0 aliphatic heterocycles. The first kappa shape index (κ1) is 12.9. The van der Waals surface area contributed by atoms with Crippen LogP contribution in [0.2, 0.25) is 0 Å². The van der Waals surface area contributed by atoms with E-state index in [9.17, 15) is 13.2 Å². The van der Waals surface area contributed by atoms with Gasteiger partial charge in [-0.1, -0.05) is 6.07 Å². The average Bonchev–Trinajstić information content (AvgIpc) is 2.24. The minimum atomic E-state index is -4.41. The third kappa shape index (κ3) is 4.16. The van der Waals surface area contributed by atoms with Crippen molar-refractivity contribution in [3.8, 4) is 0 Å². The molecule has 1 aromatic rings. The topological polar surface area (TPSA) is 31.4 Å². The van der Waals surface area contributed by atoms with Gasteiger partial charge >= 0.3 is 6.18 Å². The van der Waals surface area contributed by atoms with E-state index in [4.69, 9.17) is 9.47 Å². The van der Waals surface area contributed by atoms with Crippen molar-refractivity contribution < 1.29 is 22.6 Å². The van der Waals surface area contributed by atoms with E-state index in [2.05, 4.69) is 4.98 Å². The highest BCUT2D eigenvalue weighted by atomic mass is 19.4. The van der Waals surface area contributed by atoms with Gasteiger partial charge in [0.2, 0.25) is 0 Å². The molecule has 16 heavy (non-hydrogen) atoms. The lowest BCUT2D eigenvalue weighted by Crippen LogP contribution is -2.10. The van der Waals surface area contributed by atoms with Crippen LogP contribution in [0.5, 0.6) is 0 Å². The molecular formula is C10H12F3NO2. The predicted octanol–water partition coefficient (Wildman–Crippen LogP) is 2.26. The van der Waals surface area contributed by atoms with E-state index >= 15 is 0 Å². The molecule has 1 aromatic heterocycles. The van der Waals surface area contributed by atoms with Crippen molar-refractivity contribution in [3.63, 3.8) is 0 Å². The molecule has 6 heteroatoms. The second-order valence-electron chi connectivity index (χ2n) is 3.06. The number of pyridine rings is 1. The van der Waals surface area contributed by atoms with E-state index in [-0.39, 0.29) is 12.3 Å². The number of hydrogen-bond donors (Lipinski definition) is 0. The fraction of sp³-hybridized carbons (Fsp3) is 0.500. The van der Waals surface area contributed by atoms with Crippen LogP contribution in [0.4, 0.5) is 13.2 Å². The summed E-state index contributed by atoms with van der Waals surface area (Å²) in [4.78, 5) is 3.45. The fourth-order valence-corrected chi connectivity index (χ4v) is 1.04. The minimum absolute atomic E-state index is 0.0489. The van der Waals surface area contributed by atoms with Crippen LogP contribution in [0.25, 0.3) is 0 Å². The molecule has 90 valence electrons. The number of rotatable bonds is 5. The Balaban J connectivity index is 2.54. The maximum Gasteiger partial charge on any atom is 0.433 e. The van der Waals surface area contributed by atoms with Gasteiger partial charge in [-0.15, -0.1) is 0 Å². The van der Waals surface area contributed by atoms with E-state index in [1.165, 1.54) is 19.2 Å². The molecule has 0 spiro atoms. The Kier molecular flexibility index (Phi) is 4.70. The molecule has 0 aliphatic carbocycles. The second kappa shape index (κ2) is 5.81. The van der Waals surface area contributed by atoms with Gasteiger partial charge in [-0.2, -0.15) is 13.2 Å². The first-order valence-corrected chi connectivity index (χ1v) is 4.64. The zero-order valence-electron chi connectivity index (χ0n) is 8.75. The van der Waals surface area contributed by atoms with E-state index < -0.39 is 11.9 Å². The van der Waals surface area contributed by atoms with E-state index in [0.29, 0.717) is 13.2 Å². The van der Waals surface area contributed by atoms with Gasteiger partial charge in [0.1, 0.15) is 5.69 Å². The SMILES string of the molecule is COCCOCc1cccc(C(F)(F)F)n1. The maximum absolute atomic E-state index is 12.3. The van der Waals surface area contributed by atoms with Crippen molar-refractivity contribution >= 4 is 0 Å². The molecule has 0 unspecified atom stereocenters. The first-order valence-electron chi connectivity index (χ1n) is 4.64. The monoisotopic (exact) mass is 235 g/mol. The number of ether oxygens (including phenoxy) is 2. The summed E-state index contributed by atoms with van der Waals surface area (Å²) in [5.41, 5.74) is -0.647. The number of alkyl halides is 3. The predicted molar refractivity (Wildman–Crippen MR) is 50.8 cm³/mol. The van der Waals surface area contributed by atoms with Gasteiger partial charge in [0.05, 0.1) is 25.5 Å². The van der Waals surface area contributed by atoms with Crippen molar-refractivity contribution in [2.75, 3.05) is 20.3 Å². The highest BCUT2D eigenvalue weighted by Gasteiger charge is 2.32. The van der Waals surface area contributed by atoms with E-state index in [1.807, 2.05) is 0 Å². The van der Waals surface area contributed by atoms with Crippen LogP contribution in [0.1, 0.15) is 11.4 Å². The molecule has 0 amide bonds. The van der Waals surface area contributed by atoms with Crippen LogP contribution in [-0.2, 0) is 22.3 Å². The largest absolute Gasteiger partial charge is 0.433 e. The molecule has 0 bridgehead atoms. The third-order valence-electron chi connectivity index (χ3n) is 1.78. The van der Waals surface area contributed by atoms with Crippen LogP contribution >= 0.6 is 0 Å².